The summed E-state index contributed by atoms with van der Waals surface area (Å²) in [4.78, 5) is 12.4. The molecule has 4 rings (SSSR count). The van der Waals surface area contributed by atoms with Crippen LogP contribution < -0.4 is 14.8 Å². The minimum absolute atomic E-state index is 0.0178. The van der Waals surface area contributed by atoms with E-state index in [1.807, 2.05) is 59.4 Å². The van der Waals surface area contributed by atoms with Crippen molar-refractivity contribution >= 4 is 11.6 Å². The molecular weight excluding hydrogens is 390 g/mol. The van der Waals surface area contributed by atoms with Gasteiger partial charge in [0.1, 0.15) is 18.1 Å². The molecule has 1 amide bonds. The SMILES string of the molecule is O=C(CCc1cccc(OC2CCCC2)c1)Nc1cccc(OCCn2cccn2)c1. The lowest BCUT2D eigenvalue weighted by Gasteiger charge is -2.14. The summed E-state index contributed by atoms with van der Waals surface area (Å²) in [5.74, 6) is 1.61. The number of benzene rings is 2. The highest BCUT2D eigenvalue weighted by molar-refractivity contribution is 5.91. The van der Waals surface area contributed by atoms with Crippen LogP contribution in [0.5, 0.6) is 11.5 Å². The minimum Gasteiger partial charge on any atom is -0.492 e. The van der Waals surface area contributed by atoms with Crippen LogP contribution in [0.3, 0.4) is 0 Å². The molecule has 1 aliphatic carbocycles. The summed E-state index contributed by atoms with van der Waals surface area (Å²) in [5, 5.41) is 7.11. The van der Waals surface area contributed by atoms with Crippen LogP contribution in [0.1, 0.15) is 37.7 Å². The van der Waals surface area contributed by atoms with Crippen molar-refractivity contribution in [3.63, 3.8) is 0 Å². The lowest BCUT2D eigenvalue weighted by molar-refractivity contribution is -0.116. The van der Waals surface area contributed by atoms with Gasteiger partial charge in [0.2, 0.25) is 5.91 Å². The summed E-state index contributed by atoms with van der Waals surface area (Å²) in [6, 6.07) is 17.5. The molecule has 0 aliphatic heterocycles. The molecule has 1 heterocycles. The Balaban J connectivity index is 1.23. The van der Waals surface area contributed by atoms with E-state index in [0.717, 1.165) is 35.6 Å². The summed E-state index contributed by atoms with van der Waals surface area (Å²) in [5.41, 5.74) is 1.85. The van der Waals surface area contributed by atoms with Crippen LogP contribution in [0.4, 0.5) is 5.69 Å². The minimum atomic E-state index is -0.0178. The second-order valence-electron chi connectivity index (χ2n) is 7.87. The standard InChI is InChI=1S/C25H29N3O3/c29-25(13-12-20-6-3-11-24(18-20)31-22-8-1-2-9-22)27-21-7-4-10-23(19-21)30-17-16-28-15-5-14-26-28/h3-7,10-11,14-15,18-19,22H,1-2,8-9,12-13,16-17H2,(H,27,29). The Morgan fingerprint density at radius 1 is 1.06 bits per heavy atom. The number of carbonyl (C=O) groups is 1. The number of hydrogen-bond acceptors (Lipinski definition) is 4. The fourth-order valence-electron chi connectivity index (χ4n) is 3.81. The Morgan fingerprint density at radius 3 is 2.74 bits per heavy atom. The number of carbonyl (C=O) groups excluding carboxylic acids is 1. The van der Waals surface area contributed by atoms with E-state index in [1.54, 1.807) is 6.20 Å². The monoisotopic (exact) mass is 419 g/mol. The van der Waals surface area contributed by atoms with Crippen LogP contribution in [0.15, 0.2) is 67.0 Å². The van der Waals surface area contributed by atoms with E-state index in [-0.39, 0.29) is 5.91 Å². The van der Waals surface area contributed by atoms with Gasteiger partial charge in [0.05, 0.1) is 12.6 Å². The van der Waals surface area contributed by atoms with Crippen molar-refractivity contribution in [1.82, 2.24) is 9.78 Å². The average Bonchev–Trinajstić information content (AvgIpc) is 3.47. The van der Waals surface area contributed by atoms with Gasteiger partial charge in [0.25, 0.3) is 0 Å². The Morgan fingerprint density at radius 2 is 1.90 bits per heavy atom. The topological polar surface area (TPSA) is 65.4 Å². The van der Waals surface area contributed by atoms with Crippen molar-refractivity contribution in [2.75, 3.05) is 11.9 Å². The summed E-state index contributed by atoms with van der Waals surface area (Å²) in [7, 11) is 0. The molecule has 1 aliphatic rings. The van der Waals surface area contributed by atoms with Gasteiger partial charge < -0.3 is 14.8 Å². The molecule has 162 valence electrons. The van der Waals surface area contributed by atoms with Gasteiger partial charge >= 0.3 is 0 Å². The van der Waals surface area contributed by atoms with E-state index in [0.29, 0.717) is 32.1 Å². The number of amides is 1. The van der Waals surface area contributed by atoms with E-state index < -0.39 is 0 Å². The second-order valence-corrected chi connectivity index (χ2v) is 7.87. The predicted octanol–water partition coefficient (Wildman–Crippen LogP) is 4.85. The van der Waals surface area contributed by atoms with Crippen LogP contribution in [-0.2, 0) is 17.8 Å². The predicted molar refractivity (Wildman–Crippen MR) is 120 cm³/mol. The fraction of sp³-hybridized carbons (Fsp3) is 0.360. The van der Waals surface area contributed by atoms with Gasteiger partial charge in [-0.2, -0.15) is 5.10 Å². The van der Waals surface area contributed by atoms with Crippen molar-refractivity contribution < 1.29 is 14.3 Å². The Hall–Kier alpha value is -3.28. The average molecular weight is 420 g/mol. The van der Waals surface area contributed by atoms with Crippen LogP contribution in [0.25, 0.3) is 0 Å². The van der Waals surface area contributed by atoms with E-state index in [4.69, 9.17) is 9.47 Å². The summed E-state index contributed by atoms with van der Waals surface area (Å²) >= 11 is 0. The van der Waals surface area contributed by atoms with Crippen molar-refractivity contribution in [3.8, 4) is 11.5 Å². The first-order valence-corrected chi connectivity index (χ1v) is 11.0. The molecule has 6 heteroatoms. The maximum absolute atomic E-state index is 12.4. The van der Waals surface area contributed by atoms with Crippen LogP contribution >= 0.6 is 0 Å². The molecule has 6 nitrogen and oxygen atoms in total. The molecule has 1 N–H and O–H groups in total. The largest absolute Gasteiger partial charge is 0.492 e. The number of hydrogen-bond donors (Lipinski definition) is 1. The number of rotatable bonds is 10. The van der Waals surface area contributed by atoms with Gasteiger partial charge in [-0.3, -0.25) is 9.48 Å². The van der Waals surface area contributed by atoms with Crippen LogP contribution in [0, 0.1) is 0 Å². The quantitative estimate of drug-likeness (QED) is 0.510. The molecule has 0 radical (unpaired) electrons. The fourth-order valence-corrected chi connectivity index (χ4v) is 3.81. The molecule has 2 aromatic carbocycles. The maximum atomic E-state index is 12.4. The van der Waals surface area contributed by atoms with Gasteiger partial charge in [-0.1, -0.05) is 18.2 Å². The van der Waals surface area contributed by atoms with Gasteiger partial charge in [-0.25, -0.2) is 0 Å². The lowest BCUT2D eigenvalue weighted by Crippen LogP contribution is -2.13. The van der Waals surface area contributed by atoms with Crippen molar-refractivity contribution in [2.45, 2.75) is 51.2 Å². The first-order valence-electron chi connectivity index (χ1n) is 11.0. The third-order valence-electron chi connectivity index (χ3n) is 5.41. The number of aromatic nitrogens is 2. The van der Waals surface area contributed by atoms with Crippen molar-refractivity contribution in [3.05, 3.63) is 72.6 Å². The molecule has 0 unspecified atom stereocenters. The second kappa shape index (κ2) is 10.7. The van der Waals surface area contributed by atoms with Gasteiger partial charge in [0.15, 0.2) is 0 Å². The Labute approximate surface area is 183 Å². The van der Waals surface area contributed by atoms with Crippen LogP contribution in [-0.4, -0.2) is 28.4 Å². The Bertz CT molecular complexity index is 966. The van der Waals surface area contributed by atoms with Gasteiger partial charge in [0, 0.05) is 30.6 Å². The van der Waals surface area contributed by atoms with Crippen molar-refractivity contribution in [1.29, 1.82) is 0 Å². The summed E-state index contributed by atoms with van der Waals surface area (Å²) in [6.45, 7) is 1.19. The molecule has 1 aromatic heterocycles. The normalized spacial score (nSPS) is 13.8. The van der Waals surface area contributed by atoms with E-state index in [9.17, 15) is 4.79 Å². The number of nitrogens with one attached hydrogen (secondary N) is 1. The highest BCUT2D eigenvalue weighted by Crippen LogP contribution is 2.25. The molecule has 1 fully saturated rings. The molecular formula is C25H29N3O3. The summed E-state index contributed by atoms with van der Waals surface area (Å²) < 4.78 is 13.7. The zero-order chi connectivity index (χ0) is 21.3. The smallest absolute Gasteiger partial charge is 0.224 e. The molecule has 0 bridgehead atoms. The van der Waals surface area contributed by atoms with Crippen molar-refractivity contribution in [2.24, 2.45) is 0 Å². The third kappa shape index (κ3) is 6.60. The number of ether oxygens (including phenoxy) is 2. The first-order chi connectivity index (χ1) is 15.2. The molecule has 0 saturated heterocycles. The van der Waals surface area contributed by atoms with Gasteiger partial charge in [-0.15, -0.1) is 0 Å². The highest BCUT2D eigenvalue weighted by atomic mass is 16.5. The number of aryl methyl sites for hydroxylation is 1. The summed E-state index contributed by atoms with van der Waals surface area (Å²) in [6.07, 6.45) is 9.85. The molecule has 31 heavy (non-hydrogen) atoms. The van der Waals surface area contributed by atoms with E-state index in [1.165, 1.54) is 12.8 Å². The van der Waals surface area contributed by atoms with Gasteiger partial charge in [-0.05, 0) is 68.0 Å². The Kier molecular flexibility index (Phi) is 7.21. The number of anilines is 1. The number of nitrogens with zero attached hydrogens (tertiary/aromatic N) is 2. The first kappa shape index (κ1) is 21.0. The zero-order valence-electron chi connectivity index (χ0n) is 17.7. The molecule has 0 spiro atoms. The molecule has 0 atom stereocenters. The molecule has 1 saturated carbocycles. The zero-order valence-corrected chi connectivity index (χ0v) is 17.7. The van der Waals surface area contributed by atoms with E-state index in [2.05, 4.69) is 16.5 Å². The lowest BCUT2D eigenvalue weighted by atomic mass is 10.1. The van der Waals surface area contributed by atoms with Crippen LogP contribution in [0.2, 0.25) is 0 Å². The third-order valence-corrected chi connectivity index (χ3v) is 5.41. The highest BCUT2D eigenvalue weighted by Gasteiger charge is 2.16. The van der Waals surface area contributed by atoms with E-state index >= 15 is 0 Å². The molecule has 3 aromatic rings. The maximum Gasteiger partial charge on any atom is 0.224 e.